The van der Waals surface area contributed by atoms with Crippen LogP contribution in [0, 0.1) is 5.41 Å². The molecule has 0 aromatic heterocycles. The van der Waals surface area contributed by atoms with Gasteiger partial charge >= 0.3 is 0 Å². The van der Waals surface area contributed by atoms with Gasteiger partial charge in [0.2, 0.25) is 0 Å². The van der Waals surface area contributed by atoms with Crippen LogP contribution in [0.1, 0.15) is 45.7 Å². The van der Waals surface area contributed by atoms with Gasteiger partial charge in [-0.05, 0) is 17.9 Å². The molecule has 3 N–H and O–H groups in total. The third-order valence-electron chi connectivity index (χ3n) is 3.28. The Morgan fingerprint density at radius 3 is 2.33 bits per heavy atom. The molecule has 1 aromatic carbocycles. The van der Waals surface area contributed by atoms with Crippen molar-refractivity contribution in [3.63, 3.8) is 0 Å². The first-order chi connectivity index (χ1) is 8.36. The topological polar surface area (TPSA) is 52.5 Å². The first kappa shape index (κ1) is 15.0. The number of nitrogens with one attached hydrogen (secondary N) is 1. The molecule has 0 radical (unpaired) electrons. The number of para-hydroxylation sites is 1. The van der Waals surface area contributed by atoms with Gasteiger partial charge in [-0.3, -0.25) is 0 Å². The molecule has 18 heavy (non-hydrogen) atoms. The van der Waals surface area contributed by atoms with Crippen LogP contribution in [0.4, 0.5) is 0 Å². The number of phenolic OH excluding ortho intramolecular Hbond substituents is 1. The fourth-order valence-corrected chi connectivity index (χ4v) is 1.82. The van der Waals surface area contributed by atoms with Gasteiger partial charge in [0.1, 0.15) is 5.75 Å². The van der Waals surface area contributed by atoms with Gasteiger partial charge in [-0.15, -0.1) is 0 Å². The van der Waals surface area contributed by atoms with E-state index in [2.05, 4.69) is 12.2 Å². The molecule has 0 aliphatic rings. The molecule has 0 spiro atoms. The standard InChI is InChI=1S/C15H25NO2/c1-5-12(11-8-6-7-9-13(11)17)16-10-14(18)15(2,3)4/h6-9,12,14,16-18H,5,10H2,1-4H3. The molecule has 2 unspecified atom stereocenters. The molecular formula is C15H25NO2. The van der Waals surface area contributed by atoms with Crippen molar-refractivity contribution in [3.05, 3.63) is 29.8 Å². The molecule has 0 saturated heterocycles. The van der Waals surface area contributed by atoms with E-state index in [0.29, 0.717) is 12.3 Å². The minimum atomic E-state index is -0.405. The van der Waals surface area contributed by atoms with Crippen LogP contribution in [0.5, 0.6) is 5.75 Å². The molecule has 0 amide bonds. The molecule has 102 valence electrons. The molecule has 3 nitrogen and oxygen atoms in total. The maximum Gasteiger partial charge on any atom is 0.120 e. The van der Waals surface area contributed by atoms with Gasteiger partial charge in [-0.1, -0.05) is 45.9 Å². The second kappa shape index (κ2) is 6.21. The van der Waals surface area contributed by atoms with Crippen LogP contribution in [0.25, 0.3) is 0 Å². The monoisotopic (exact) mass is 251 g/mol. The van der Waals surface area contributed by atoms with Crippen molar-refractivity contribution in [3.8, 4) is 5.75 Å². The molecule has 0 aliphatic carbocycles. The predicted octanol–water partition coefficient (Wildman–Crippen LogP) is 2.84. The Labute approximate surface area is 110 Å². The van der Waals surface area contributed by atoms with Crippen molar-refractivity contribution >= 4 is 0 Å². The van der Waals surface area contributed by atoms with Gasteiger partial charge in [0.15, 0.2) is 0 Å². The summed E-state index contributed by atoms with van der Waals surface area (Å²) in [6, 6.07) is 7.41. The quantitative estimate of drug-likeness (QED) is 0.754. The molecule has 3 heteroatoms. The summed E-state index contributed by atoms with van der Waals surface area (Å²) in [5.74, 6) is 0.307. The van der Waals surface area contributed by atoms with E-state index in [0.717, 1.165) is 12.0 Å². The molecule has 0 saturated carbocycles. The highest BCUT2D eigenvalue weighted by atomic mass is 16.3. The number of aromatic hydroxyl groups is 1. The lowest BCUT2D eigenvalue weighted by Gasteiger charge is -2.28. The number of benzene rings is 1. The Morgan fingerprint density at radius 1 is 1.22 bits per heavy atom. The van der Waals surface area contributed by atoms with Crippen molar-refractivity contribution in [2.75, 3.05) is 6.54 Å². The lowest BCUT2D eigenvalue weighted by atomic mass is 9.89. The molecule has 0 heterocycles. The van der Waals surface area contributed by atoms with E-state index >= 15 is 0 Å². The van der Waals surface area contributed by atoms with Gasteiger partial charge in [-0.25, -0.2) is 0 Å². The van der Waals surface area contributed by atoms with Gasteiger partial charge in [0, 0.05) is 18.2 Å². The van der Waals surface area contributed by atoms with E-state index < -0.39 is 6.10 Å². The Kier molecular flexibility index (Phi) is 5.17. The fourth-order valence-electron chi connectivity index (χ4n) is 1.82. The zero-order valence-corrected chi connectivity index (χ0v) is 11.8. The van der Waals surface area contributed by atoms with Crippen LogP contribution in [-0.4, -0.2) is 22.9 Å². The smallest absolute Gasteiger partial charge is 0.120 e. The highest BCUT2D eigenvalue weighted by Crippen LogP contribution is 2.26. The Balaban J connectivity index is 2.67. The molecule has 0 bridgehead atoms. The second-order valence-corrected chi connectivity index (χ2v) is 5.81. The average Bonchev–Trinajstić information content (AvgIpc) is 2.30. The summed E-state index contributed by atoms with van der Waals surface area (Å²) in [7, 11) is 0. The summed E-state index contributed by atoms with van der Waals surface area (Å²) in [5, 5.41) is 23.2. The summed E-state index contributed by atoms with van der Waals surface area (Å²) >= 11 is 0. The SMILES string of the molecule is CCC(NCC(O)C(C)(C)C)c1ccccc1O. The van der Waals surface area contributed by atoms with Gasteiger partial charge in [-0.2, -0.15) is 0 Å². The summed E-state index contributed by atoms with van der Waals surface area (Å²) in [6.07, 6.45) is 0.464. The minimum absolute atomic E-state index is 0.0724. The average molecular weight is 251 g/mol. The second-order valence-electron chi connectivity index (χ2n) is 5.81. The van der Waals surface area contributed by atoms with Crippen LogP contribution in [0.15, 0.2) is 24.3 Å². The van der Waals surface area contributed by atoms with Crippen LogP contribution < -0.4 is 5.32 Å². The number of hydrogen-bond acceptors (Lipinski definition) is 3. The Bertz CT molecular complexity index is 371. The molecule has 2 atom stereocenters. The van der Waals surface area contributed by atoms with Crippen molar-refractivity contribution < 1.29 is 10.2 Å². The molecule has 1 aromatic rings. The number of rotatable bonds is 5. The number of hydrogen-bond donors (Lipinski definition) is 3. The molecular weight excluding hydrogens is 226 g/mol. The van der Waals surface area contributed by atoms with Crippen molar-refractivity contribution in [2.24, 2.45) is 5.41 Å². The normalized spacial score (nSPS) is 15.4. The van der Waals surface area contributed by atoms with Crippen LogP contribution in [0.2, 0.25) is 0 Å². The lowest BCUT2D eigenvalue weighted by molar-refractivity contribution is 0.0602. The zero-order valence-electron chi connectivity index (χ0n) is 11.8. The Hall–Kier alpha value is -1.06. The minimum Gasteiger partial charge on any atom is -0.508 e. The van der Waals surface area contributed by atoms with E-state index in [-0.39, 0.29) is 11.5 Å². The van der Waals surface area contributed by atoms with E-state index in [4.69, 9.17) is 0 Å². The maximum absolute atomic E-state index is 10.0. The van der Waals surface area contributed by atoms with Gasteiger partial charge < -0.3 is 15.5 Å². The van der Waals surface area contributed by atoms with E-state index in [1.807, 2.05) is 39.0 Å². The molecule has 0 fully saturated rings. The largest absolute Gasteiger partial charge is 0.508 e. The number of aliphatic hydroxyl groups excluding tert-OH is 1. The Morgan fingerprint density at radius 2 is 1.83 bits per heavy atom. The van der Waals surface area contributed by atoms with E-state index in [9.17, 15) is 10.2 Å². The van der Waals surface area contributed by atoms with E-state index in [1.54, 1.807) is 6.07 Å². The highest BCUT2D eigenvalue weighted by molar-refractivity contribution is 5.34. The van der Waals surface area contributed by atoms with E-state index in [1.165, 1.54) is 0 Å². The van der Waals surface area contributed by atoms with Gasteiger partial charge in [0.25, 0.3) is 0 Å². The van der Waals surface area contributed by atoms with Crippen molar-refractivity contribution in [2.45, 2.75) is 46.3 Å². The van der Waals surface area contributed by atoms with Crippen LogP contribution in [0.3, 0.4) is 0 Å². The first-order valence-electron chi connectivity index (χ1n) is 6.55. The summed E-state index contributed by atoms with van der Waals surface area (Å²) in [4.78, 5) is 0. The van der Waals surface area contributed by atoms with Crippen molar-refractivity contribution in [1.29, 1.82) is 0 Å². The third-order valence-corrected chi connectivity index (χ3v) is 3.28. The molecule has 0 aliphatic heterocycles. The van der Waals surface area contributed by atoms with Crippen molar-refractivity contribution in [1.82, 2.24) is 5.32 Å². The summed E-state index contributed by atoms with van der Waals surface area (Å²) in [5.41, 5.74) is 0.755. The number of phenols is 1. The highest BCUT2D eigenvalue weighted by Gasteiger charge is 2.23. The molecule has 1 rings (SSSR count). The van der Waals surface area contributed by atoms with Crippen LogP contribution >= 0.6 is 0 Å². The summed E-state index contributed by atoms with van der Waals surface area (Å²) < 4.78 is 0. The lowest BCUT2D eigenvalue weighted by Crippen LogP contribution is -2.38. The summed E-state index contributed by atoms with van der Waals surface area (Å²) in [6.45, 7) is 8.63. The van der Waals surface area contributed by atoms with Crippen LogP contribution in [-0.2, 0) is 0 Å². The predicted molar refractivity (Wildman–Crippen MR) is 74.6 cm³/mol. The fraction of sp³-hybridized carbons (Fsp3) is 0.600. The number of aliphatic hydroxyl groups is 1. The van der Waals surface area contributed by atoms with Gasteiger partial charge in [0.05, 0.1) is 6.10 Å². The maximum atomic E-state index is 10.0. The third kappa shape index (κ3) is 4.00. The zero-order chi connectivity index (χ0) is 13.8. The first-order valence-corrected chi connectivity index (χ1v) is 6.55.